The third-order valence-corrected chi connectivity index (χ3v) is 15.7. The van der Waals surface area contributed by atoms with Gasteiger partial charge in [0.2, 0.25) is 0 Å². The first-order valence-corrected chi connectivity index (χ1v) is 24.8. The minimum atomic E-state index is -0.957. The van der Waals surface area contributed by atoms with Crippen molar-refractivity contribution < 1.29 is 40.9 Å². The molecule has 0 amide bonds. The van der Waals surface area contributed by atoms with E-state index in [1.54, 1.807) is 52.0 Å². The molecule has 0 saturated heterocycles. The Morgan fingerprint density at radius 2 is 0.382 bits per heavy atom. The van der Waals surface area contributed by atoms with Crippen LogP contribution in [-0.4, -0.2) is 40.9 Å². The number of hydrogen-bond acceptors (Lipinski definition) is 8. The summed E-state index contributed by atoms with van der Waals surface area (Å²) in [5.74, 6) is -5.79. The average Bonchev–Trinajstić information content (AvgIpc) is 3.32. The Labute approximate surface area is 427 Å². The number of phenols is 8. The smallest absolute Gasteiger partial charge is 0.126 e. The summed E-state index contributed by atoms with van der Waals surface area (Å²) >= 11 is 14.3. The Bertz CT molecular complexity index is 2740. The van der Waals surface area contributed by atoms with Crippen LogP contribution in [0.4, 0.5) is 0 Å². The topological polar surface area (TPSA) is 162 Å². The molecule has 1 aliphatic rings. The fraction of sp³-hybridized carbons (Fsp3) is 0.143. The lowest BCUT2D eigenvalue weighted by molar-refractivity contribution is 0.423. The number of aromatic hydroxyl groups is 8. The van der Waals surface area contributed by atoms with Crippen LogP contribution < -0.4 is 0 Å². The lowest BCUT2D eigenvalue weighted by atomic mass is 9.73. The van der Waals surface area contributed by atoms with Crippen LogP contribution in [0.1, 0.15) is 113 Å². The summed E-state index contributed by atoms with van der Waals surface area (Å²) in [5, 5.41) is 99.1. The fourth-order valence-electron chi connectivity index (χ4n) is 9.89. The van der Waals surface area contributed by atoms with Gasteiger partial charge < -0.3 is 40.9 Å². The standard InChI is InChI=1S/C56H44Br4O8/c1-25-49(61)37-21-38(50(25)62)46(30-7-15-34(58)16-8-30)40-23-42(54(66)27(3)52(40)64)48(32-11-19-36(60)20-12-32)44-24-43(55(67)28(4)56(44)68)47(31-9-17-35(59)18-10-31)41-22-39(51(63)26(2)53(41)65)45(37)29-5-13-33(57)14-6-29/h5-24,45-48,61-68H,1-4H3. The van der Waals surface area contributed by atoms with Gasteiger partial charge in [0, 0.05) is 108 Å². The molecule has 0 atom stereocenters. The molecule has 0 aromatic heterocycles. The van der Waals surface area contributed by atoms with Crippen molar-refractivity contribution in [1.82, 2.24) is 0 Å². The molecule has 0 radical (unpaired) electrons. The second kappa shape index (κ2) is 18.2. The van der Waals surface area contributed by atoms with Crippen molar-refractivity contribution in [3.8, 4) is 46.0 Å². The van der Waals surface area contributed by atoms with Gasteiger partial charge >= 0.3 is 0 Å². The monoisotopic (exact) mass is 1160 g/mol. The van der Waals surface area contributed by atoms with E-state index < -0.39 is 23.7 Å². The van der Waals surface area contributed by atoms with Crippen LogP contribution in [0.15, 0.2) is 139 Å². The maximum absolute atomic E-state index is 12.4. The van der Waals surface area contributed by atoms with E-state index in [-0.39, 0.29) is 68.2 Å². The molecule has 344 valence electrons. The second-order valence-corrected chi connectivity index (χ2v) is 21.1. The molecule has 8 aromatic carbocycles. The van der Waals surface area contributed by atoms with Crippen molar-refractivity contribution >= 4 is 63.7 Å². The van der Waals surface area contributed by atoms with Gasteiger partial charge in [-0.15, -0.1) is 0 Å². The van der Waals surface area contributed by atoms with Crippen molar-refractivity contribution in [2.24, 2.45) is 0 Å². The van der Waals surface area contributed by atoms with Gasteiger partial charge in [-0.3, -0.25) is 0 Å². The Hall–Kier alpha value is -5.92. The van der Waals surface area contributed by atoms with Crippen LogP contribution >= 0.6 is 63.7 Å². The Balaban J connectivity index is 1.54. The number of benzene rings is 8. The molecule has 8 N–H and O–H groups in total. The lowest BCUT2D eigenvalue weighted by Crippen LogP contribution is -2.14. The van der Waals surface area contributed by atoms with Crippen LogP contribution in [0, 0.1) is 27.7 Å². The van der Waals surface area contributed by atoms with E-state index in [1.807, 2.05) is 97.1 Å². The minimum Gasteiger partial charge on any atom is -0.507 e. The Morgan fingerprint density at radius 1 is 0.250 bits per heavy atom. The maximum Gasteiger partial charge on any atom is 0.126 e. The Morgan fingerprint density at radius 3 is 0.515 bits per heavy atom. The average molecular weight is 1160 g/mol. The van der Waals surface area contributed by atoms with Crippen molar-refractivity contribution in [3.05, 3.63) is 228 Å². The van der Waals surface area contributed by atoms with Crippen molar-refractivity contribution in [3.63, 3.8) is 0 Å². The summed E-state index contributed by atoms with van der Waals surface area (Å²) in [4.78, 5) is 0. The molecule has 0 spiro atoms. The number of phenolic OH excluding ortho intramolecular Hbond substituents is 8. The van der Waals surface area contributed by atoms with Gasteiger partial charge in [-0.25, -0.2) is 0 Å². The molecule has 0 aliphatic heterocycles. The second-order valence-electron chi connectivity index (χ2n) is 17.4. The molecule has 8 bridgehead atoms. The third kappa shape index (κ3) is 7.98. The molecule has 0 fully saturated rings. The van der Waals surface area contributed by atoms with E-state index in [9.17, 15) is 40.9 Å². The van der Waals surface area contributed by atoms with Crippen LogP contribution in [-0.2, 0) is 0 Å². The summed E-state index contributed by atoms with van der Waals surface area (Å²) in [5.41, 5.74) is 5.48. The molecule has 68 heavy (non-hydrogen) atoms. The molecule has 8 nitrogen and oxygen atoms in total. The zero-order chi connectivity index (χ0) is 48.6. The van der Waals surface area contributed by atoms with Crippen LogP contribution in [0.5, 0.6) is 46.0 Å². The van der Waals surface area contributed by atoms with Crippen LogP contribution in [0.3, 0.4) is 0 Å². The first-order chi connectivity index (χ1) is 32.4. The lowest BCUT2D eigenvalue weighted by Gasteiger charge is -2.31. The fourth-order valence-corrected chi connectivity index (χ4v) is 10.9. The van der Waals surface area contributed by atoms with E-state index in [4.69, 9.17) is 0 Å². The minimum absolute atomic E-state index is 0.133. The molecule has 9 rings (SSSR count). The normalized spacial score (nSPS) is 16.7. The van der Waals surface area contributed by atoms with Crippen molar-refractivity contribution in [2.45, 2.75) is 51.4 Å². The van der Waals surface area contributed by atoms with Gasteiger partial charge in [0.1, 0.15) is 46.0 Å². The van der Waals surface area contributed by atoms with Gasteiger partial charge in [0.25, 0.3) is 0 Å². The highest BCUT2D eigenvalue weighted by atomic mass is 79.9. The summed E-state index contributed by atoms with van der Waals surface area (Å²) < 4.78 is 3.12. The van der Waals surface area contributed by atoms with E-state index >= 15 is 0 Å². The highest BCUT2D eigenvalue weighted by Crippen LogP contribution is 2.56. The summed E-state index contributed by atoms with van der Waals surface area (Å²) in [6, 6.07) is 36.4. The first-order valence-electron chi connectivity index (χ1n) is 21.6. The third-order valence-electron chi connectivity index (χ3n) is 13.6. The SMILES string of the molecule is Cc1c(O)c2cc(c1O)C(c1ccc(Br)cc1)c1cc(c(O)c(C)c1O)C(c1ccc(Br)cc1)c1cc(c(O)c(C)c1O)C(c1ccc(Br)cc1)c1cc(c(O)c(C)c1O)C2c1ccc(Br)cc1. The van der Waals surface area contributed by atoms with Gasteiger partial charge in [-0.2, -0.15) is 0 Å². The highest BCUT2D eigenvalue weighted by Gasteiger charge is 2.37. The predicted molar refractivity (Wildman–Crippen MR) is 278 cm³/mol. The zero-order valence-corrected chi connectivity index (χ0v) is 43.3. The molecular weight excluding hydrogens is 1120 g/mol. The van der Waals surface area contributed by atoms with Crippen LogP contribution in [0.25, 0.3) is 0 Å². The van der Waals surface area contributed by atoms with Gasteiger partial charge in [0.15, 0.2) is 0 Å². The van der Waals surface area contributed by atoms with Crippen molar-refractivity contribution in [1.29, 1.82) is 0 Å². The molecule has 12 heteroatoms. The molecular formula is C56H44Br4O8. The van der Waals surface area contributed by atoms with E-state index in [0.29, 0.717) is 66.8 Å². The molecule has 0 heterocycles. The summed E-state index contributed by atoms with van der Waals surface area (Å²) in [7, 11) is 0. The number of hydrogen-bond donors (Lipinski definition) is 8. The summed E-state index contributed by atoms with van der Waals surface area (Å²) in [6.45, 7) is 6.39. The van der Waals surface area contributed by atoms with Gasteiger partial charge in [0.05, 0.1) is 0 Å². The molecule has 8 aromatic rings. The molecule has 0 saturated carbocycles. The number of halogens is 4. The van der Waals surface area contributed by atoms with Crippen molar-refractivity contribution in [2.75, 3.05) is 0 Å². The first kappa shape index (κ1) is 47.2. The summed E-state index contributed by atoms with van der Waals surface area (Å²) in [6.07, 6.45) is 0. The van der Waals surface area contributed by atoms with Crippen LogP contribution in [0.2, 0.25) is 0 Å². The molecule has 0 unspecified atom stereocenters. The van der Waals surface area contributed by atoms with Gasteiger partial charge in [-0.1, -0.05) is 112 Å². The highest BCUT2D eigenvalue weighted by molar-refractivity contribution is 9.11. The predicted octanol–water partition coefficient (Wildman–Crippen LogP) is 14.6. The quantitative estimate of drug-likeness (QED) is 0.0864. The largest absolute Gasteiger partial charge is 0.507 e. The zero-order valence-electron chi connectivity index (χ0n) is 36.9. The van der Waals surface area contributed by atoms with E-state index in [0.717, 1.165) is 17.9 Å². The van der Waals surface area contributed by atoms with E-state index in [2.05, 4.69) is 63.7 Å². The Kier molecular flexibility index (Phi) is 12.6. The maximum atomic E-state index is 12.4. The number of fused-ring (bicyclic) bond motifs is 8. The number of rotatable bonds is 4. The molecule has 1 aliphatic carbocycles. The van der Waals surface area contributed by atoms with Gasteiger partial charge in [-0.05, 0) is 123 Å². The van der Waals surface area contributed by atoms with E-state index in [1.165, 1.54) is 0 Å².